The van der Waals surface area contributed by atoms with Crippen LogP contribution in [0.25, 0.3) is 0 Å². The van der Waals surface area contributed by atoms with Gasteiger partial charge in [-0.3, -0.25) is 9.59 Å². The van der Waals surface area contributed by atoms with Gasteiger partial charge < -0.3 is 10.2 Å². The predicted molar refractivity (Wildman–Crippen MR) is 101 cm³/mol. The van der Waals surface area contributed by atoms with Crippen LogP contribution in [0.5, 0.6) is 0 Å². The summed E-state index contributed by atoms with van der Waals surface area (Å²) in [5.74, 6) is -0.141. The lowest BCUT2D eigenvalue weighted by Crippen LogP contribution is -2.51. The van der Waals surface area contributed by atoms with Crippen molar-refractivity contribution in [1.29, 1.82) is 0 Å². The van der Waals surface area contributed by atoms with E-state index in [1.54, 1.807) is 4.90 Å². The third-order valence-corrected chi connectivity index (χ3v) is 5.66. The summed E-state index contributed by atoms with van der Waals surface area (Å²) in [6, 6.07) is 8.92. The zero-order valence-corrected chi connectivity index (χ0v) is 15.7. The van der Waals surface area contributed by atoms with Crippen LogP contribution in [0.2, 0.25) is 5.02 Å². The van der Waals surface area contributed by atoms with Crippen LogP contribution < -0.4 is 5.32 Å². The monoisotopic (exact) mass is 376 g/mol. The SMILES string of the molecule is Cc1ccc(Cl)cc1CNC(=O)C1CCCCN1C(=O)c1cccs1. The first kappa shape index (κ1) is 18.0. The maximum absolute atomic E-state index is 12.7. The van der Waals surface area contributed by atoms with E-state index in [2.05, 4.69) is 5.32 Å². The van der Waals surface area contributed by atoms with Crippen molar-refractivity contribution in [2.45, 2.75) is 38.8 Å². The van der Waals surface area contributed by atoms with Gasteiger partial charge in [-0.05, 0) is 60.9 Å². The van der Waals surface area contributed by atoms with E-state index in [-0.39, 0.29) is 11.8 Å². The Balaban J connectivity index is 1.68. The average Bonchev–Trinajstić information content (AvgIpc) is 3.16. The molecule has 1 unspecified atom stereocenters. The Morgan fingerprint density at radius 3 is 2.92 bits per heavy atom. The second-order valence-corrected chi connectivity index (χ2v) is 7.66. The van der Waals surface area contributed by atoms with E-state index < -0.39 is 6.04 Å². The molecular formula is C19H21ClN2O2S. The Bertz CT molecular complexity index is 761. The molecule has 2 aromatic rings. The number of nitrogens with one attached hydrogen (secondary N) is 1. The number of thiophene rings is 1. The molecule has 6 heteroatoms. The van der Waals surface area contributed by atoms with Gasteiger partial charge in [-0.15, -0.1) is 11.3 Å². The van der Waals surface area contributed by atoms with Gasteiger partial charge in [-0.2, -0.15) is 0 Å². The van der Waals surface area contributed by atoms with Gasteiger partial charge in [0.2, 0.25) is 5.91 Å². The summed E-state index contributed by atoms with van der Waals surface area (Å²) in [6.45, 7) is 3.04. The van der Waals surface area contributed by atoms with Crippen LogP contribution in [0.15, 0.2) is 35.7 Å². The fourth-order valence-corrected chi connectivity index (χ4v) is 3.99. The first-order chi connectivity index (χ1) is 12.1. The smallest absolute Gasteiger partial charge is 0.264 e. The van der Waals surface area contributed by atoms with Crippen molar-refractivity contribution in [1.82, 2.24) is 10.2 Å². The van der Waals surface area contributed by atoms with E-state index in [4.69, 9.17) is 11.6 Å². The van der Waals surface area contributed by atoms with Gasteiger partial charge in [0.25, 0.3) is 5.91 Å². The molecule has 1 aliphatic heterocycles. The van der Waals surface area contributed by atoms with Crippen molar-refractivity contribution in [2.75, 3.05) is 6.54 Å². The molecule has 0 aliphatic carbocycles. The van der Waals surface area contributed by atoms with E-state index in [1.165, 1.54) is 11.3 Å². The molecule has 0 radical (unpaired) electrons. The first-order valence-electron chi connectivity index (χ1n) is 8.43. The molecule has 0 bridgehead atoms. The molecule has 25 heavy (non-hydrogen) atoms. The van der Waals surface area contributed by atoms with Crippen LogP contribution in [0.3, 0.4) is 0 Å². The number of hydrogen-bond donors (Lipinski definition) is 1. The minimum Gasteiger partial charge on any atom is -0.350 e. The van der Waals surface area contributed by atoms with Gasteiger partial charge in [-0.1, -0.05) is 23.7 Å². The summed E-state index contributed by atoms with van der Waals surface area (Å²) in [6.07, 6.45) is 2.61. The molecule has 4 nitrogen and oxygen atoms in total. The summed E-state index contributed by atoms with van der Waals surface area (Å²) in [7, 11) is 0. The van der Waals surface area contributed by atoms with E-state index in [0.29, 0.717) is 29.4 Å². The van der Waals surface area contributed by atoms with Crippen molar-refractivity contribution < 1.29 is 9.59 Å². The lowest BCUT2D eigenvalue weighted by molar-refractivity contribution is -0.126. The number of piperidine rings is 1. The van der Waals surface area contributed by atoms with Crippen LogP contribution in [-0.4, -0.2) is 29.3 Å². The van der Waals surface area contributed by atoms with E-state index in [1.807, 2.05) is 42.6 Å². The molecule has 1 atom stereocenters. The minimum absolute atomic E-state index is 0.0474. The number of hydrogen-bond acceptors (Lipinski definition) is 3. The molecule has 2 amide bonds. The molecule has 1 N–H and O–H groups in total. The van der Waals surface area contributed by atoms with Crippen molar-refractivity contribution in [2.24, 2.45) is 0 Å². The van der Waals surface area contributed by atoms with Gasteiger partial charge in [0, 0.05) is 18.1 Å². The second kappa shape index (κ2) is 8.02. The molecule has 2 heterocycles. The van der Waals surface area contributed by atoms with Crippen LogP contribution >= 0.6 is 22.9 Å². The number of halogens is 1. The highest BCUT2D eigenvalue weighted by molar-refractivity contribution is 7.12. The maximum atomic E-state index is 12.7. The Labute approximate surface area is 156 Å². The van der Waals surface area contributed by atoms with Gasteiger partial charge in [0.1, 0.15) is 6.04 Å². The fourth-order valence-electron chi connectivity index (χ4n) is 3.12. The zero-order chi connectivity index (χ0) is 17.8. The summed E-state index contributed by atoms with van der Waals surface area (Å²) in [5.41, 5.74) is 2.08. The number of carbonyl (C=O) groups excluding carboxylic acids is 2. The zero-order valence-electron chi connectivity index (χ0n) is 14.1. The lowest BCUT2D eigenvalue weighted by Gasteiger charge is -2.34. The molecule has 1 fully saturated rings. The van der Waals surface area contributed by atoms with Gasteiger partial charge in [0.05, 0.1) is 4.88 Å². The summed E-state index contributed by atoms with van der Waals surface area (Å²) in [5, 5.41) is 5.52. The highest BCUT2D eigenvalue weighted by Crippen LogP contribution is 2.22. The number of nitrogens with zero attached hydrogens (tertiary/aromatic N) is 1. The molecule has 3 rings (SSSR count). The van der Waals surface area contributed by atoms with Crippen molar-refractivity contribution in [3.63, 3.8) is 0 Å². The van der Waals surface area contributed by atoms with Crippen molar-refractivity contribution in [3.05, 3.63) is 56.7 Å². The minimum atomic E-state index is -0.400. The Hall–Kier alpha value is -1.85. The van der Waals surface area contributed by atoms with Crippen LogP contribution in [0.4, 0.5) is 0 Å². The predicted octanol–water partition coefficient (Wildman–Crippen LogP) is 4.02. The molecule has 0 spiro atoms. The number of rotatable bonds is 4. The maximum Gasteiger partial charge on any atom is 0.264 e. The third kappa shape index (κ3) is 4.22. The number of benzene rings is 1. The molecule has 1 aliphatic rings. The van der Waals surface area contributed by atoms with Gasteiger partial charge >= 0.3 is 0 Å². The Morgan fingerprint density at radius 2 is 2.16 bits per heavy atom. The highest BCUT2D eigenvalue weighted by Gasteiger charge is 2.32. The Kier molecular flexibility index (Phi) is 5.76. The summed E-state index contributed by atoms with van der Waals surface area (Å²) >= 11 is 7.45. The first-order valence-corrected chi connectivity index (χ1v) is 9.69. The topological polar surface area (TPSA) is 49.4 Å². The fraction of sp³-hybridized carbons (Fsp3) is 0.368. The van der Waals surface area contributed by atoms with Gasteiger partial charge in [-0.25, -0.2) is 0 Å². The summed E-state index contributed by atoms with van der Waals surface area (Å²) in [4.78, 5) is 27.8. The van der Waals surface area contributed by atoms with Crippen LogP contribution in [-0.2, 0) is 11.3 Å². The Morgan fingerprint density at radius 1 is 1.32 bits per heavy atom. The average molecular weight is 377 g/mol. The summed E-state index contributed by atoms with van der Waals surface area (Å²) < 4.78 is 0. The molecule has 1 aromatic carbocycles. The second-order valence-electron chi connectivity index (χ2n) is 6.28. The number of carbonyl (C=O) groups is 2. The van der Waals surface area contributed by atoms with E-state index in [9.17, 15) is 9.59 Å². The van der Waals surface area contributed by atoms with E-state index in [0.717, 1.165) is 24.0 Å². The van der Waals surface area contributed by atoms with Crippen molar-refractivity contribution in [3.8, 4) is 0 Å². The third-order valence-electron chi connectivity index (χ3n) is 4.56. The molecule has 1 aromatic heterocycles. The normalized spacial score (nSPS) is 17.4. The number of aryl methyl sites for hydroxylation is 1. The number of amides is 2. The standard InChI is InChI=1S/C19H21ClN2O2S/c1-13-7-8-15(20)11-14(13)12-21-18(23)16-5-2-3-9-22(16)19(24)17-6-4-10-25-17/h4,6-8,10-11,16H,2-3,5,9,12H2,1H3,(H,21,23). The van der Waals surface area contributed by atoms with Crippen molar-refractivity contribution >= 4 is 34.8 Å². The largest absolute Gasteiger partial charge is 0.350 e. The lowest BCUT2D eigenvalue weighted by atomic mass is 10.0. The molecule has 132 valence electrons. The molecule has 1 saturated heterocycles. The quantitative estimate of drug-likeness (QED) is 0.876. The van der Waals surface area contributed by atoms with E-state index >= 15 is 0 Å². The molecule has 0 saturated carbocycles. The number of likely N-dealkylation sites (tertiary alicyclic amines) is 1. The van der Waals surface area contributed by atoms with Crippen LogP contribution in [0.1, 0.15) is 40.1 Å². The van der Waals surface area contributed by atoms with Crippen LogP contribution in [0, 0.1) is 6.92 Å². The molecular weight excluding hydrogens is 356 g/mol. The van der Waals surface area contributed by atoms with Gasteiger partial charge in [0.15, 0.2) is 0 Å². The highest BCUT2D eigenvalue weighted by atomic mass is 35.5.